The Bertz CT molecular complexity index is 1500. The van der Waals surface area contributed by atoms with E-state index in [0.717, 1.165) is 63.4 Å². The molecule has 6 nitrogen and oxygen atoms in total. The van der Waals surface area contributed by atoms with Gasteiger partial charge in [-0.25, -0.2) is 9.59 Å². The second-order valence-electron chi connectivity index (χ2n) is 17.8. The van der Waals surface area contributed by atoms with E-state index < -0.39 is 23.4 Å². The number of allylic oxidation sites excluding steroid dienone is 3. The summed E-state index contributed by atoms with van der Waals surface area (Å²) in [5.41, 5.74) is 3.74. The number of thioether (sulfide) groups is 1. The molecule has 0 aliphatic heterocycles. The second-order valence-corrected chi connectivity index (χ2v) is 18.8. The molecule has 0 aromatic heterocycles. The molecular formula is C44H65NO5S. The van der Waals surface area contributed by atoms with Gasteiger partial charge in [-0.05, 0) is 152 Å². The third-order valence-corrected chi connectivity index (χ3v) is 15.9. The number of hydrogen-bond acceptors (Lipinski definition) is 4. The highest BCUT2D eigenvalue weighted by Crippen LogP contribution is 2.67. The van der Waals surface area contributed by atoms with Crippen LogP contribution in [0.25, 0.3) is 5.57 Å². The quantitative estimate of drug-likeness (QED) is 0.165. The predicted molar refractivity (Wildman–Crippen MR) is 210 cm³/mol. The van der Waals surface area contributed by atoms with Gasteiger partial charge in [0.1, 0.15) is 6.04 Å². The average molecular weight is 720 g/mol. The SMILES string of the molecule is C=C(CC)C1CCC2(C(=O)NC(CCSC)C(=O)O)CCC(C)(CC)C(CCC3CCCC4C(C)(C)C(c5ccc(C(=O)O)cc5)=CCC34C)C12. The monoisotopic (exact) mass is 719 g/mol. The lowest BCUT2D eigenvalue weighted by Crippen LogP contribution is -2.56. The van der Waals surface area contributed by atoms with Crippen molar-refractivity contribution < 1.29 is 24.6 Å². The van der Waals surface area contributed by atoms with Crippen molar-refractivity contribution in [1.82, 2.24) is 5.32 Å². The number of carbonyl (C=O) groups excluding carboxylic acids is 1. The van der Waals surface area contributed by atoms with Gasteiger partial charge in [0.15, 0.2) is 0 Å². The summed E-state index contributed by atoms with van der Waals surface area (Å²) < 4.78 is 0. The molecule has 0 heterocycles. The first kappa shape index (κ1) is 39.7. The molecule has 1 aromatic rings. The molecule has 0 spiro atoms. The van der Waals surface area contributed by atoms with Crippen LogP contribution in [-0.4, -0.2) is 46.1 Å². The zero-order valence-electron chi connectivity index (χ0n) is 32.5. The number of carbonyl (C=O) groups is 3. The van der Waals surface area contributed by atoms with E-state index in [2.05, 4.69) is 59.5 Å². The molecule has 3 saturated carbocycles. The Labute approximate surface area is 312 Å². The summed E-state index contributed by atoms with van der Waals surface area (Å²) in [6.07, 6.45) is 17.4. The van der Waals surface area contributed by atoms with Crippen LogP contribution in [0.15, 0.2) is 42.5 Å². The van der Waals surface area contributed by atoms with Gasteiger partial charge in [0.05, 0.1) is 11.0 Å². The number of rotatable bonds is 14. The molecule has 0 saturated heterocycles. The first-order valence-corrected chi connectivity index (χ1v) is 21.2. The maximum atomic E-state index is 14.6. The zero-order chi connectivity index (χ0) is 37.4. The Hall–Kier alpha value is -2.54. The summed E-state index contributed by atoms with van der Waals surface area (Å²) in [5, 5.41) is 22.6. The molecule has 7 heteroatoms. The van der Waals surface area contributed by atoms with Gasteiger partial charge in [-0.2, -0.15) is 11.8 Å². The molecule has 5 rings (SSSR count). The highest BCUT2D eigenvalue weighted by Gasteiger charge is 2.62. The van der Waals surface area contributed by atoms with Crippen LogP contribution in [0.4, 0.5) is 0 Å². The molecule has 51 heavy (non-hydrogen) atoms. The Kier molecular flexibility index (Phi) is 12.0. The number of benzene rings is 1. The van der Waals surface area contributed by atoms with Gasteiger partial charge in [-0.15, -0.1) is 0 Å². The fourth-order valence-electron chi connectivity index (χ4n) is 12.0. The molecule has 1 aromatic carbocycles. The third kappa shape index (κ3) is 7.23. The van der Waals surface area contributed by atoms with Gasteiger partial charge in [0, 0.05) is 0 Å². The predicted octanol–water partition coefficient (Wildman–Crippen LogP) is 10.5. The summed E-state index contributed by atoms with van der Waals surface area (Å²) in [6, 6.07) is 6.59. The van der Waals surface area contributed by atoms with Crippen LogP contribution in [0.5, 0.6) is 0 Å². The zero-order valence-corrected chi connectivity index (χ0v) is 33.3. The highest BCUT2D eigenvalue weighted by molar-refractivity contribution is 7.98. The van der Waals surface area contributed by atoms with Crippen molar-refractivity contribution in [3.05, 3.63) is 53.6 Å². The van der Waals surface area contributed by atoms with Crippen LogP contribution >= 0.6 is 11.8 Å². The first-order valence-electron chi connectivity index (χ1n) is 19.8. The average Bonchev–Trinajstić information content (AvgIpc) is 3.50. The molecule has 1 amide bonds. The molecule has 0 radical (unpaired) electrons. The van der Waals surface area contributed by atoms with Crippen LogP contribution in [0.1, 0.15) is 141 Å². The van der Waals surface area contributed by atoms with Crippen molar-refractivity contribution in [2.45, 2.75) is 131 Å². The van der Waals surface area contributed by atoms with E-state index in [9.17, 15) is 24.6 Å². The maximum Gasteiger partial charge on any atom is 0.335 e. The van der Waals surface area contributed by atoms with E-state index in [1.54, 1.807) is 23.9 Å². The van der Waals surface area contributed by atoms with Crippen LogP contribution in [0.3, 0.4) is 0 Å². The summed E-state index contributed by atoms with van der Waals surface area (Å²) in [7, 11) is 0. The Morgan fingerprint density at radius 2 is 1.69 bits per heavy atom. The van der Waals surface area contributed by atoms with Gasteiger partial charge in [0.2, 0.25) is 5.91 Å². The molecule has 282 valence electrons. The van der Waals surface area contributed by atoms with E-state index in [1.807, 2.05) is 18.4 Å². The number of amides is 1. The van der Waals surface area contributed by atoms with E-state index in [0.29, 0.717) is 35.5 Å². The molecule has 4 aliphatic rings. The number of nitrogens with one attached hydrogen (secondary N) is 1. The largest absolute Gasteiger partial charge is 0.480 e. The minimum absolute atomic E-state index is 0.0247. The lowest BCUT2D eigenvalue weighted by Gasteiger charge is -2.58. The van der Waals surface area contributed by atoms with Crippen molar-refractivity contribution in [1.29, 1.82) is 0 Å². The van der Waals surface area contributed by atoms with Gasteiger partial charge in [0.25, 0.3) is 0 Å². The summed E-state index contributed by atoms with van der Waals surface area (Å²) in [4.78, 5) is 38.4. The number of fused-ring (bicyclic) bond motifs is 2. The van der Waals surface area contributed by atoms with Crippen LogP contribution in [0.2, 0.25) is 0 Å². The van der Waals surface area contributed by atoms with E-state index in [-0.39, 0.29) is 34.0 Å². The van der Waals surface area contributed by atoms with Crippen molar-refractivity contribution >= 4 is 35.2 Å². The van der Waals surface area contributed by atoms with Gasteiger partial charge in [-0.3, -0.25) is 4.79 Å². The number of aromatic carboxylic acids is 1. The Morgan fingerprint density at radius 1 is 0.980 bits per heavy atom. The third-order valence-electron chi connectivity index (χ3n) is 15.3. The lowest BCUT2D eigenvalue weighted by atomic mass is 9.46. The van der Waals surface area contributed by atoms with E-state index >= 15 is 0 Å². The standard InChI is InChI=1S/C44H65NO5S/c1-9-28(3)32-20-24-44(40(50)45-35(39(48)49)22-27-51-8)26-25-42(6,10-2)34(37(32)44)19-18-31-12-11-13-36-41(4,5)33(21-23-43(31,36)7)29-14-16-30(17-15-29)38(46)47/h14-17,21,31-32,34-37H,3,9-13,18-20,22-27H2,1-2,4-8H3,(H,45,50)(H,46,47)(H,48,49). The highest BCUT2D eigenvalue weighted by atomic mass is 32.2. The van der Waals surface area contributed by atoms with E-state index in [1.165, 1.54) is 30.4 Å². The smallest absolute Gasteiger partial charge is 0.335 e. The van der Waals surface area contributed by atoms with Crippen LogP contribution in [-0.2, 0) is 9.59 Å². The number of aliphatic carboxylic acids is 1. The molecule has 9 unspecified atom stereocenters. The van der Waals surface area contributed by atoms with Crippen molar-refractivity contribution in [2.75, 3.05) is 12.0 Å². The van der Waals surface area contributed by atoms with E-state index in [4.69, 9.17) is 0 Å². The van der Waals surface area contributed by atoms with Crippen molar-refractivity contribution in [2.24, 2.45) is 51.2 Å². The first-order chi connectivity index (χ1) is 24.1. The van der Waals surface area contributed by atoms with Gasteiger partial charge in [-0.1, -0.05) is 84.7 Å². The summed E-state index contributed by atoms with van der Waals surface area (Å²) >= 11 is 1.62. The minimum atomic E-state index is -0.936. The van der Waals surface area contributed by atoms with Crippen molar-refractivity contribution in [3.8, 4) is 0 Å². The summed E-state index contributed by atoms with van der Waals surface area (Å²) in [6.45, 7) is 18.9. The van der Waals surface area contributed by atoms with Crippen LogP contribution in [0, 0.1) is 51.2 Å². The van der Waals surface area contributed by atoms with Crippen LogP contribution < -0.4 is 5.32 Å². The van der Waals surface area contributed by atoms with Gasteiger partial charge < -0.3 is 15.5 Å². The fraction of sp³-hybridized carbons (Fsp3) is 0.705. The Morgan fingerprint density at radius 3 is 2.29 bits per heavy atom. The summed E-state index contributed by atoms with van der Waals surface area (Å²) in [5.74, 6) is 0.765. The number of carboxylic acids is 2. The molecular weight excluding hydrogens is 655 g/mol. The maximum absolute atomic E-state index is 14.6. The fourth-order valence-corrected chi connectivity index (χ4v) is 12.5. The number of hydrogen-bond donors (Lipinski definition) is 3. The minimum Gasteiger partial charge on any atom is -0.480 e. The van der Waals surface area contributed by atoms with Gasteiger partial charge >= 0.3 is 11.9 Å². The Balaban J connectivity index is 1.45. The normalized spacial score (nSPS) is 34.8. The lowest BCUT2D eigenvalue weighted by molar-refractivity contribution is -0.150. The molecule has 9 atom stereocenters. The topological polar surface area (TPSA) is 104 Å². The number of carboxylic acid groups (broad SMARTS) is 2. The second kappa shape index (κ2) is 15.4. The molecule has 4 aliphatic carbocycles. The molecule has 3 fully saturated rings. The van der Waals surface area contributed by atoms with Crippen molar-refractivity contribution in [3.63, 3.8) is 0 Å². The molecule has 3 N–H and O–H groups in total. The molecule has 0 bridgehead atoms.